The van der Waals surface area contributed by atoms with Gasteiger partial charge in [-0.2, -0.15) is 0 Å². The number of rotatable bonds is 6. The first-order valence-electron chi connectivity index (χ1n) is 10.9. The molecule has 7 nitrogen and oxygen atoms in total. The lowest BCUT2D eigenvalue weighted by Crippen LogP contribution is -2.35. The van der Waals surface area contributed by atoms with E-state index >= 15 is 0 Å². The molecule has 1 aliphatic rings. The second-order valence-electron chi connectivity index (χ2n) is 8.44. The van der Waals surface area contributed by atoms with Crippen molar-refractivity contribution in [3.05, 3.63) is 65.0 Å². The van der Waals surface area contributed by atoms with Crippen LogP contribution in [0.3, 0.4) is 0 Å². The minimum absolute atomic E-state index is 0. The van der Waals surface area contributed by atoms with E-state index < -0.39 is 0 Å². The molecule has 3 aromatic rings. The molecule has 1 amide bonds. The van der Waals surface area contributed by atoms with Crippen molar-refractivity contribution in [2.75, 3.05) is 39.1 Å². The molecule has 0 radical (unpaired) electrons. The molecule has 0 saturated carbocycles. The Morgan fingerprint density at radius 3 is 2.76 bits per heavy atom. The molecule has 33 heavy (non-hydrogen) atoms. The summed E-state index contributed by atoms with van der Waals surface area (Å²) in [5.74, 6) is 0.474. The molecule has 0 aliphatic carbocycles. The second kappa shape index (κ2) is 10.8. The highest BCUT2D eigenvalue weighted by molar-refractivity contribution is 5.91. The van der Waals surface area contributed by atoms with E-state index in [0.29, 0.717) is 12.4 Å². The Morgan fingerprint density at radius 1 is 1.27 bits per heavy atom. The topological polar surface area (TPSA) is 76.6 Å². The summed E-state index contributed by atoms with van der Waals surface area (Å²) in [4.78, 5) is 21.1. The highest BCUT2D eigenvalue weighted by atomic mass is 35.5. The number of aryl methyl sites for hydroxylation is 2. The van der Waals surface area contributed by atoms with Crippen molar-refractivity contribution >= 4 is 41.1 Å². The van der Waals surface area contributed by atoms with Gasteiger partial charge in [-0.05, 0) is 36.3 Å². The van der Waals surface area contributed by atoms with Gasteiger partial charge in [0.2, 0.25) is 5.91 Å². The fourth-order valence-electron chi connectivity index (χ4n) is 4.20. The Bertz CT molecular complexity index is 1150. The van der Waals surface area contributed by atoms with Crippen LogP contribution < -0.4 is 5.73 Å². The van der Waals surface area contributed by atoms with E-state index in [1.54, 1.807) is 23.2 Å². The van der Waals surface area contributed by atoms with Crippen LogP contribution >= 0.6 is 12.4 Å². The van der Waals surface area contributed by atoms with Crippen LogP contribution in [-0.2, 0) is 29.7 Å². The van der Waals surface area contributed by atoms with Gasteiger partial charge in [-0.1, -0.05) is 18.2 Å². The average Bonchev–Trinajstić information content (AvgIpc) is 3.11. The standard InChI is InChI=1S/C25H31N5O2.ClH/c1-18-5-4-6-20-14-22(29(3)24(18)20)17-28(2)23(31)8-7-19-13-21(25(26)27-15-19)16-30-9-11-32-12-10-30;/h4-8,13-15H,9-12,16-17H2,1-3H3,(H2,26,27);1H/b8-7+;. The summed E-state index contributed by atoms with van der Waals surface area (Å²) in [5, 5.41) is 1.19. The maximum Gasteiger partial charge on any atom is 0.246 e. The Labute approximate surface area is 201 Å². The van der Waals surface area contributed by atoms with Gasteiger partial charge in [0.05, 0.1) is 25.3 Å². The number of carbonyl (C=O) groups is 1. The Hall–Kier alpha value is -2.87. The number of morpholine rings is 1. The Kier molecular flexibility index (Phi) is 8.13. The van der Waals surface area contributed by atoms with Crippen molar-refractivity contribution in [2.45, 2.75) is 20.0 Å². The molecule has 1 saturated heterocycles. The highest BCUT2D eigenvalue weighted by Gasteiger charge is 2.14. The van der Waals surface area contributed by atoms with Crippen LogP contribution in [0.2, 0.25) is 0 Å². The summed E-state index contributed by atoms with van der Waals surface area (Å²) in [6.45, 7) is 6.63. The number of benzene rings is 1. The van der Waals surface area contributed by atoms with Crippen molar-refractivity contribution < 1.29 is 9.53 Å². The van der Waals surface area contributed by atoms with Crippen LogP contribution in [0.1, 0.15) is 22.4 Å². The highest BCUT2D eigenvalue weighted by Crippen LogP contribution is 2.23. The minimum atomic E-state index is -0.0569. The van der Waals surface area contributed by atoms with Crippen LogP contribution in [-0.4, -0.2) is 58.6 Å². The number of hydrogen-bond donors (Lipinski definition) is 1. The lowest BCUT2D eigenvalue weighted by atomic mass is 10.1. The van der Waals surface area contributed by atoms with E-state index in [-0.39, 0.29) is 18.3 Å². The number of pyridine rings is 1. The van der Waals surface area contributed by atoms with Crippen LogP contribution in [0.5, 0.6) is 0 Å². The molecule has 176 valence electrons. The summed E-state index contributed by atoms with van der Waals surface area (Å²) >= 11 is 0. The van der Waals surface area contributed by atoms with Gasteiger partial charge in [0.15, 0.2) is 0 Å². The third-order valence-electron chi connectivity index (χ3n) is 6.07. The normalized spacial score (nSPS) is 14.5. The number of anilines is 1. The summed E-state index contributed by atoms with van der Waals surface area (Å²) in [7, 11) is 3.87. The molecule has 0 atom stereocenters. The lowest BCUT2D eigenvalue weighted by molar-refractivity contribution is -0.125. The van der Waals surface area contributed by atoms with Gasteiger partial charge in [-0.3, -0.25) is 9.69 Å². The zero-order valence-electron chi connectivity index (χ0n) is 19.5. The number of nitrogen functional groups attached to an aromatic ring is 1. The number of para-hydroxylation sites is 1. The largest absolute Gasteiger partial charge is 0.383 e. The predicted octanol–water partition coefficient (Wildman–Crippen LogP) is 3.39. The zero-order valence-corrected chi connectivity index (χ0v) is 20.3. The van der Waals surface area contributed by atoms with E-state index in [9.17, 15) is 4.79 Å². The summed E-state index contributed by atoms with van der Waals surface area (Å²) in [6, 6.07) is 10.4. The fourth-order valence-corrected chi connectivity index (χ4v) is 4.20. The van der Waals surface area contributed by atoms with Crippen molar-refractivity contribution in [1.82, 2.24) is 19.4 Å². The molecule has 1 aromatic carbocycles. The molecule has 1 fully saturated rings. The first-order chi connectivity index (χ1) is 15.4. The average molecular weight is 470 g/mol. The smallest absolute Gasteiger partial charge is 0.246 e. The van der Waals surface area contributed by atoms with Crippen LogP contribution in [0.15, 0.2) is 42.6 Å². The molecule has 0 spiro atoms. The number of likely N-dealkylation sites (N-methyl/N-ethyl adjacent to an activating group) is 1. The summed E-state index contributed by atoms with van der Waals surface area (Å²) in [6.07, 6.45) is 5.11. The van der Waals surface area contributed by atoms with Crippen molar-refractivity contribution in [3.8, 4) is 0 Å². The number of nitrogens with two attached hydrogens (primary N) is 1. The number of ether oxygens (including phenoxy) is 1. The fraction of sp³-hybridized carbons (Fsp3) is 0.360. The number of hydrogen-bond acceptors (Lipinski definition) is 5. The number of fused-ring (bicyclic) bond motifs is 1. The van der Waals surface area contributed by atoms with E-state index in [1.807, 2.05) is 13.1 Å². The van der Waals surface area contributed by atoms with Crippen molar-refractivity contribution in [2.24, 2.45) is 7.05 Å². The van der Waals surface area contributed by atoms with Crippen LogP contribution in [0, 0.1) is 6.92 Å². The monoisotopic (exact) mass is 469 g/mol. The van der Waals surface area contributed by atoms with Gasteiger partial charge in [0.1, 0.15) is 5.82 Å². The Morgan fingerprint density at radius 2 is 2.03 bits per heavy atom. The first kappa shape index (κ1) is 24.8. The number of nitrogens with zero attached hydrogens (tertiary/aromatic N) is 4. The third-order valence-corrected chi connectivity index (χ3v) is 6.07. The SMILES string of the molecule is Cc1cccc2cc(CN(C)C(=O)/C=C/c3cnc(N)c(CN4CCOCC4)c3)n(C)c12.Cl. The maximum atomic E-state index is 12.7. The quantitative estimate of drug-likeness (QED) is 0.560. The van der Waals surface area contributed by atoms with Gasteiger partial charge < -0.3 is 19.9 Å². The van der Waals surface area contributed by atoms with Gasteiger partial charge >= 0.3 is 0 Å². The number of aromatic nitrogens is 2. The molecule has 0 bridgehead atoms. The third kappa shape index (κ3) is 5.74. The van der Waals surface area contributed by atoms with Gasteiger partial charge in [-0.25, -0.2) is 4.98 Å². The van der Waals surface area contributed by atoms with E-state index in [4.69, 9.17) is 10.5 Å². The molecule has 2 aromatic heterocycles. The lowest BCUT2D eigenvalue weighted by Gasteiger charge is -2.26. The molecular weight excluding hydrogens is 438 g/mol. The minimum Gasteiger partial charge on any atom is -0.383 e. The van der Waals surface area contributed by atoms with E-state index in [2.05, 4.69) is 52.7 Å². The van der Waals surface area contributed by atoms with Crippen molar-refractivity contribution in [1.29, 1.82) is 0 Å². The van der Waals surface area contributed by atoms with Gasteiger partial charge in [0.25, 0.3) is 0 Å². The molecular formula is C25H32ClN5O2. The zero-order chi connectivity index (χ0) is 22.7. The second-order valence-corrected chi connectivity index (χ2v) is 8.44. The maximum absolute atomic E-state index is 12.7. The number of amides is 1. The van der Waals surface area contributed by atoms with E-state index in [1.165, 1.54) is 16.5 Å². The van der Waals surface area contributed by atoms with Crippen molar-refractivity contribution in [3.63, 3.8) is 0 Å². The molecule has 4 rings (SSSR count). The summed E-state index contributed by atoms with van der Waals surface area (Å²) in [5.41, 5.74) is 11.5. The molecule has 0 unspecified atom stereocenters. The number of halogens is 1. The van der Waals surface area contributed by atoms with Crippen LogP contribution in [0.4, 0.5) is 5.82 Å². The van der Waals surface area contributed by atoms with E-state index in [0.717, 1.165) is 49.7 Å². The summed E-state index contributed by atoms with van der Waals surface area (Å²) < 4.78 is 7.57. The molecule has 3 heterocycles. The number of carbonyl (C=O) groups excluding carboxylic acids is 1. The van der Waals surface area contributed by atoms with Gasteiger partial charge in [0, 0.05) is 62.6 Å². The molecule has 2 N–H and O–H groups in total. The molecule has 1 aliphatic heterocycles. The van der Waals surface area contributed by atoms with Crippen LogP contribution in [0.25, 0.3) is 17.0 Å². The van der Waals surface area contributed by atoms with Gasteiger partial charge in [-0.15, -0.1) is 12.4 Å². The molecule has 8 heteroatoms. The predicted molar refractivity (Wildman–Crippen MR) is 135 cm³/mol. The Balaban J connectivity index is 0.00000306. The first-order valence-corrected chi connectivity index (χ1v) is 10.9.